The van der Waals surface area contributed by atoms with Crippen LogP contribution in [0.25, 0.3) is 11.0 Å². The number of fused-ring (bicyclic) bond motifs is 1. The number of imidazole rings is 1. The molecule has 2 rings (SSSR count). The molecule has 1 atom stereocenters. The second-order valence-electron chi connectivity index (χ2n) is 3.98. The molecule has 0 saturated carbocycles. The molecule has 0 spiro atoms. The van der Waals surface area contributed by atoms with Crippen molar-refractivity contribution in [2.75, 3.05) is 12.3 Å². The average molecular weight is 298 g/mol. The van der Waals surface area contributed by atoms with E-state index >= 15 is 0 Å². The first kappa shape index (κ1) is 12.4. The van der Waals surface area contributed by atoms with Crippen LogP contribution in [0.2, 0.25) is 0 Å². The summed E-state index contributed by atoms with van der Waals surface area (Å²) in [5, 5.41) is 0. The molecule has 1 heterocycles. The number of ether oxygens (including phenoxy) is 1. The normalized spacial score (nSPS) is 13.1. The zero-order chi connectivity index (χ0) is 12.4. The van der Waals surface area contributed by atoms with Crippen LogP contribution in [-0.2, 0) is 11.3 Å². The van der Waals surface area contributed by atoms with Gasteiger partial charge in [0.2, 0.25) is 5.95 Å². The van der Waals surface area contributed by atoms with Crippen LogP contribution in [0.3, 0.4) is 0 Å². The third-order valence-electron chi connectivity index (χ3n) is 2.63. The summed E-state index contributed by atoms with van der Waals surface area (Å²) in [6.07, 6.45) is 0.128. The van der Waals surface area contributed by atoms with Gasteiger partial charge in [-0.15, -0.1) is 0 Å². The first-order valence-electron chi connectivity index (χ1n) is 5.64. The molecular weight excluding hydrogens is 282 g/mol. The molecule has 0 radical (unpaired) electrons. The summed E-state index contributed by atoms with van der Waals surface area (Å²) in [6.45, 7) is 5.45. The van der Waals surface area contributed by atoms with Crippen LogP contribution in [0.4, 0.5) is 5.95 Å². The molecule has 2 aromatic rings. The van der Waals surface area contributed by atoms with E-state index in [1.165, 1.54) is 0 Å². The Bertz CT molecular complexity index is 524. The number of benzene rings is 1. The van der Waals surface area contributed by atoms with Gasteiger partial charge in [-0.2, -0.15) is 0 Å². The predicted octanol–water partition coefficient (Wildman–Crippen LogP) is 2.81. The van der Waals surface area contributed by atoms with E-state index in [4.69, 9.17) is 10.5 Å². The smallest absolute Gasteiger partial charge is 0.201 e. The molecule has 92 valence electrons. The maximum absolute atomic E-state index is 5.93. The van der Waals surface area contributed by atoms with Gasteiger partial charge in [0, 0.05) is 11.1 Å². The van der Waals surface area contributed by atoms with Crippen molar-refractivity contribution in [3.63, 3.8) is 0 Å². The molecule has 1 aromatic carbocycles. The summed E-state index contributed by atoms with van der Waals surface area (Å²) in [6, 6.07) is 5.97. The summed E-state index contributed by atoms with van der Waals surface area (Å²) in [7, 11) is 0. The minimum absolute atomic E-state index is 0.128. The van der Waals surface area contributed by atoms with Gasteiger partial charge in [0.05, 0.1) is 23.7 Å². The first-order valence-corrected chi connectivity index (χ1v) is 6.44. The molecule has 0 bridgehead atoms. The third-order valence-corrected chi connectivity index (χ3v) is 3.12. The van der Waals surface area contributed by atoms with Crippen LogP contribution in [0, 0.1) is 0 Å². The summed E-state index contributed by atoms with van der Waals surface area (Å²) in [5.41, 5.74) is 7.87. The lowest BCUT2D eigenvalue weighted by atomic mass is 10.3. The quantitative estimate of drug-likeness (QED) is 0.944. The molecule has 1 aromatic heterocycles. The number of aromatic nitrogens is 2. The summed E-state index contributed by atoms with van der Waals surface area (Å²) in [4.78, 5) is 4.34. The number of hydrogen-bond acceptors (Lipinski definition) is 3. The van der Waals surface area contributed by atoms with E-state index in [-0.39, 0.29) is 6.10 Å². The molecule has 2 N–H and O–H groups in total. The summed E-state index contributed by atoms with van der Waals surface area (Å²) in [5.74, 6) is 0.532. The van der Waals surface area contributed by atoms with Gasteiger partial charge in [-0.1, -0.05) is 15.9 Å². The summed E-state index contributed by atoms with van der Waals surface area (Å²) < 4.78 is 8.52. The monoisotopic (exact) mass is 297 g/mol. The van der Waals surface area contributed by atoms with Crippen molar-refractivity contribution in [1.82, 2.24) is 9.55 Å². The van der Waals surface area contributed by atoms with Gasteiger partial charge in [0.1, 0.15) is 0 Å². The molecule has 1 unspecified atom stereocenters. The van der Waals surface area contributed by atoms with Crippen molar-refractivity contribution < 1.29 is 4.74 Å². The number of anilines is 1. The van der Waals surface area contributed by atoms with Crippen molar-refractivity contribution >= 4 is 32.9 Å². The number of halogens is 1. The van der Waals surface area contributed by atoms with Crippen molar-refractivity contribution in [2.45, 2.75) is 26.5 Å². The second-order valence-corrected chi connectivity index (χ2v) is 4.90. The van der Waals surface area contributed by atoms with Crippen LogP contribution in [0.5, 0.6) is 0 Å². The van der Waals surface area contributed by atoms with E-state index in [9.17, 15) is 0 Å². The second kappa shape index (κ2) is 5.06. The molecule has 0 aliphatic rings. The molecule has 0 fully saturated rings. The highest BCUT2D eigenvalue weighted by Gasteiger charge is 2.11. The minimum atomic E-state index is 0.128. The van der Waals surface area contributed by atoms with Gasteiger partial charge in [-0.3, -0.25) is 0 Å². The van der Waals surface area contributed by atoms with Crippen LogP contribution in [0.15, 0.2) is 22.7 Å². The van der Waals surface area contributed by atoms with E-state index in [2.05, 4.69) is 20.9 Å². The first-order chi connectivity index (χ1) is 8.11. The zero-order valence-electron chi connectivity index (χ0n) is 9.98. The van der Waals surface area contributed by atoms with Crippen molar-refractivity contribution in [3.8, 4) is 0 Å². The zero-order valence-corrected chi connectivity index (χ0v) is 11.6. The Morgan fingerprint density at radius 3 is 3.00 bits per heavy atom. The van der Waals surface area contributed by atoms with Gasteiger partial charge in [-0.25, -0.2) is 4.98 Å². The highest BCUT2D eigenvalue weighted by atomic mass is 79.9. The lowest BCUT2D eigenvalue weighted by Crippen LogP contribution is -2.17. The Hall–Kier alpha value is -1.07. The fraction of sp³-hybridized carbons (Fsp3) is 0.417. The van der Waals surface area contributed by atoms with Crippen molar-refractivity contribution in [1.29, 1.82) is 0 Å². The SMILES string of the molecule is CCOC(C)Cn1c(N)nc2cc(Br)ccc21. The number of nitrogens with zero attached hydrogens (tertiary/aromatic N) is 2. The van der Waals surface area contributed by atoms with E-state index in [0.717, 1.165) is 22.1 Å². The Morgan fingerprint density at radius 1 is 1.53 bits per heavy atom. The van der Waals surface area contributed by atoms with Gasteiger partial charge in [-0.05, 0) is 32.0 Å². The minimum Gasteiger partial charge on any atom is -0.377 e. The predicted molar refractivity (Wildman–Crippen MR) is 72.9 cm³/mol. The summed E-state index contributed by atoms with van der Waals surface area (Å²) >= 11 is 3.43. The van der Waals surface area contributed by atoms with E-state index in [0.29, 0.717) is 12.6 Å². The Balaban J connectivity index is 2.36. The van der Waals surface area contributed by atoms with E-state index < -0.39 is 0 Å². The average Bonchev–Trinajstić information content (AvgIpc) is 2.55. The molecule has 0 aliphatic carbocycles. The van der Waals surface area contributed by atoms with Gasteiger partial charge in [0.25, 0.3) is 0 Å². The Morgan fingerprint density at radius 2 is 2.29 bits per heavy atom. The van der Waals surface area contributed by atoms with Crippen molar-refractivity contribution in [2.24, 2.45) is 0 Å². The maximum atomic E-state index is 5.93. The molecule has 4 nitrogen and oxygen atoms in total. The molecule has 17 heavy (non-hydrogen) atoms. The molecule has 0 aliphatic heterocycles. The number of rotatable bonds is 4. The fourth-order valence-electron chi connectivity index (χ4n) is 1.91. The topological polar surface area (TPSA) is 53.1 Å². The Labute approximate surface area is 109 Å². The van der Waals surface area contributed by atoms with E-state index in [1.807, 2.05) is 36.6 Å². The fourth-order valence-corrected chi connectivity index (χ4v) is 2.26. The van der Waals surface area contributed by atoms with Crippen LogP contribution in [-0.4, -0.2) is 22.3 Å². The molecular formula is C12H16BrN3O. The largest absolute Gasteiger partial charge is 0.377 e. The molecule has 0 amide bonds. The number of nitrogen functional groups attached to an aromatic ring is 1. The van der Waals surface area contributed by atoms with Gasteiger partial charge >= 0.3 is 0 Å². The lowest BCUT2D eigenvalue weighted by Gasteiger charge is -2.13. The van der Waals surface area contributed by atoms with Gasteiger partial charge < -0.3 is 15.0 Å². The third kappa shape index (κ3) is 2.61. The number of nitrogens with two attached hydrogens (primary N) is 1. The van der Waals surface area contributed by atoms with Crippen LogP contribution in [0.1, 0.15) is 13.8 Å². The Kier molecular flexibility index (Phi) is 3.69. The van der Waals surface area contributed by atoms with Crippen molar-refractivity contribution in [3.05, 3.63) is 22.7 Å². The standard InChI is InChI=1S/C12H16BrN3O/c1-3-17-8(2)7-16-11-5-4-9(13)6-10(11)15-12(16)14/h4-6,8H,3,7H2,1-2H3,(H2,14,15). The van der Waals surface area contributed by atoms with Crippen LogP contribution >= 0.6 is 15.9 Å². The highest BCUT2D eigenvalue weighted by Crippen LogP contribution is 2.22. The number of hydrogen-bond donors (Lipinski definition) is 1. The lowest BCUT2D eigenvalue weighted by molar-refractivity contribution is 0.0652. The molecule has 0 saturated heterocycles. The van der Waals surface area contributed by atoms with E-state index in [1.54, 1.807) is 0 Å². The maximum Gasteiger partial charge on any atom is 0.201 e. The molecule has 5 heteroatoms. The highest BCUT2D eigenvalue weighted by molar-refractivity contribution is 9.10. The van der Waals surface area contributed by atoms with Gasteiger partial charge in [0.15, 0.2) is 0 Å². The van der Waals surface area contributed by atoms with Crippen LogP contribution < -0.4 is 5.73 Å².